The number of morpholine rings is 1. The molecule has 0 bridgehead atoms. The van der Waals surface area contributed by atoms with E-state index in [1.54, 1.807) is 19.2 Å². The highest BCUT2D eigenvalue weighted by Crippen LogP contribution is 2.21. The molecule has 0 spiro atoms. The van der Waals surface area contributed by atoms with Crippen molar-refractivity contribution in [2.75, 3.05) is 39.4 Å². The fourth-order valence-corrected chi connectivity index (χ4v) is 3.99. The minimum Gasteiger partial charge on any atom is -0.379 e. The average Bonchev–Trinajstić information content (AvgIpc) is 2.71. The molecule has 0 unspecified atom stereocenters. The minimum absolute atomic E-state index is 0.0882. The molecule has 1 aromatic carbocycles. The second kappa shape index (κ2) is 7.17. The van der Waals surface area contributed by atoms with Gasteiger partial charge in [0.15, 0.2) is 5.69 Å². The van der Waals surface area contributed by atoms with Crippen molar-refractivity contribution in [3.63, 3.8) is 0 Å². The van der Waals surface area contributed by atoms with Crippen molar-refractivity contribution >= 4 is 16.7 Å². The molecule has 7 nitrogen and oxygen atoms in total. The molecule has 7 heteroatoms. The summed E-state index contributed by atoms with van der Waals surface area (Å²) in [5, 5.41) is 5.46. The van der Waals surface area contributed by atoms with Crippen molar-refractivity contribution in [2.24, 2.45) is 7.05 Å². The maximum atomic E-state index is 13.2. The van der Waals surface area contributed by atoms with E-state index in [0.717, 1.165) is 45.7 Å². The average molecular weight is 356 g/mol. The molecule has 0 N–H and O–H groups in total. The summed E-state index contributed by atoms with van der Waals surface area (Å²) in [6, 6.07) is 7.58. The van der Waals surface area contributed by atoms with E-state index in [1.807, 2.05) is 17.0 Å². The van der Waals surface area contributed by atoms with Gasteiger partial charge in [0.25, 0.3) is 11.5 Å². The molecule has 1 aromatic heterocycles. The summed E-state index contributed by atoms with van der Waals surface area (Å²) in [6.45, 7) is 4.81. The fourth-order valence-electron chi connectivity index (χ4n) is 3.99. The van der Waals surface area contributed by atoms with E-state index in [0.29, 0.717) is 29.1 Å². The lowest BCUT2D eigenvalue weighted by atomic mass is 10.0. The lowest BCUT2D eigenvalue weighted by Crippen LogP contribution is -2.53. The lowest BCUT2D eigenvalue weighted by Gasteiger charge is -2.40. The molecule has 1 atom stereocenters. The summed E-state index contributed by atoms with van der Waals surface area (Å²) >= 11 is 0. The summed E-state index contributed by atoms with van der Waals surface area (Å²) in [5.41, 5.74) is 0.187. The smallest absolute Gasteiger partial charge is 0.275 e. The first-order chi connectivity index (χ1) is 12.6. The topological polar surface area (TPSA) is 67.7 Å². The first kappa shape index (κ1) is 17.2. The molecule has 138 valence electrons. The van der Waals surface area contributed by atoms with Gasteiger partial charge in [0.1, 0.15) is 0 Å². The number of rotatable bonds is 2. The van der Waals surface area contributed by atoms with E-state index >= 15 is 0 Å². The Bertz CT molecular complexity index is 873. The molecule has 2 aliphatic rings. The number of aromatic nitrogens is 2. The summed E-state index contributed by atoms with van der Waals surface area (Å²) in [7, 11) is 1.60. The minimum atomic E-state index is -0.179. The number of carbonyl (C=O) groups excluding carboxylic acids is 1. The zero-order valence-corrected chi connectivity index (χ0v) is 15.1. The van der Waals surface area contributed by atoms with Crippen LogP contribution in [0.25, 0.3) is 10.8 Å². The van der Waals surface area contributed by atoms with Gasteiger partial charge in [-0.1, -0.05) is 18.2 Å². The predicted molar refractivity (Wildman–Crippen MR) is 98.3 cm³/mol. The maximum Gasteiger partial charge on any atom is 0.275 e. The van der Waals surface area contributed by atoms with Crippen LogP contribution in [-0.2, 0) is 11.8 Å². The number of hydrogen-bond donors (Lipinski definition) is 0. The fraction of sp³-hybridized carbons (Fsp3) is 0.526. The number of carbonyl (C=O) groups is 1. The molecule has 2 fully saturated rings. The highest BCUT2D eigenvalue weighted by molar-refractivity contribution is 6.04. The van der Waals surface area contributed by atoms with Crippen LogP contribution in [0.3, 0.4) is 0 Å². The van der Waals surface area contributed by atoms with Crippen molar-refractivity contribution in [2.45, 2.75) is 18.9 Å². The molecule has 0 radical (unpaired) electrons. The van der Waals surface area contributed by atoms with Gasteiger partial charge in [-0.3, -0.25) is 14.5 Å². The molecule has 0 saturated carbocycles. The van der Waals surface area contributed by atoms with Gasteiger partial charge < -0.3 is 9.64 Å². The molecular formula is C19H24N4O3. The standard InChI is InChI=1S/C19H24N4O3/c1-21-18(24)16-7-3-2-6-15(16)17(20-21)19(25)23-8-4-5-14(13-23)22-9-11-26-12-10-22/h2-3,6-7,14H,4-5,8-13H2,1H3/t14-/m0/s1. The van der Waals surface area contributed by atoms with Crippen molar-refractivity contribution in [1.29, 1.82) is 0 Å². The third-order valence-electron chi connectivity index (χ3n) is 5.40. The van der Waals surface area contributed by atoms with Crippen molar-refractivity contribution in [3.05, 3.63) is 40.3 Å². The zero-order chi connectivity index (χ0) is 18.1. The first-order valence-electron chi connectivity index (χ1n) is 9.22. The Morgan fingerprint density at radius 1 is 1.15 bits per heavy atom. The van der Waals surface area contributed by atoms with E-state index < -0.39 is 0 Å². The number of benzene rings is 1. The van der Waals surface area contributed by atoms with Crippen LogP contribution in [0.15, 0.2) is 29.1 Å². The van der Waals surface area contributed by atoms with Crippen molar-refractivity contribution in [3.8, 4) is 0 Å². The van der Waals surface area contributed by atoms with Crippen LogP contribution in [0.4, 0.5) is 0 Å². The van der Waals surface area contributed by atoms with Gasteiger partial charge in [0.2, 0.25) is 0 Å². The summed E-state index contributed by atoms with van der Waals surface area (Å²) in [5.74, 6) is -0.0882. The Hall–Kier alpha value is -2.25. The third kappa shape index (κ3) is 3.12. The van der Waals surface area contributed by atoms with E-state index in [2.05, 4.69) is 10.00 Å². The second-order valence-corrected chi connectivity index (χ2v) is 7.02. The molecule has 0 aliphatic carbocycles. The van der Waals surface area contributed by atoms with Crippen LogP contribution in [0.5, 0.6) is 0 Å². The predicted octanol–water partition coefficient (Wildman–Crippen LogP) is 0.870. The number of piperidine rings is 1. The molecule has 2 saturated heterocycles. The van der Waals surface area contributed by atoms with Crippen LogP contribution in [0.1, 0.15) is 23.3 Å². The molecule has 26 heavy (non-hydrogen) atoms. The Morgan fingerprint density at radius 2 is 1.88 bits per heavy atom. The van der Waals surface area contributed by atoms with E-state index in [4.69, 9.17) is 4.74 Å². The van der Waals surface area contributed by atoms with Gasteiger partial charge in [-0.2, -0.15) is 5.10 Å². The third-order valence-corrected chi connectivity index (χ3v) is 5.40. The number of fused-ring (bicyclic) bond motifs is 1. The van der Waals surface area contributed by atoms with Gasteiger partial charge in [-0.15, -0.1) is 0 Å². The highest BCUT2D eigenvalue weighted by Gasteiger charge is 2.30. The van der Waals surface area contributed by atoms with Crippen molar-refractivity contribution in [1.82, 2.24) is 19.6 Å². The Kier molecular flexibility index (Phi) is 4.74. The lowest BCUT2D eigenvalue weighted by molar-refractivity contribution is -0.00129. The quantitative estimate of drug-likeness (QED) is 0.799. The van der Waals surface area contributed by atoms with Gasteiger partial charge in [-0.25, -0.2) is 4.68 Å². The highest BCUT2D eigenvalue weighted by atomic mass is 16.5. The molecule has 2 aliphatic heterocycles. The molecular weight excluding hydrogens is 332 g/mol. The molecule has 4 rings (SSSR count). The van der Waals surface area contributed by atoms with Crippen LogP contribution < -0.4 is 5.56 Å². The van der Waals surface area contributed by atoms with Gasteiger partial charge >= 0.3 is 0 Å². The first-order valence-corrected chi connectivity index (χ1v) is 9.22. The Balaban J connectivity index is 1.62. The van der Waals surface area contributed by atoms with Crippen LogP contribution in [0, 0.1) is 0 Å². The van der Waals surface area contributed by atoms with E-state index in [9.17, 15) is 9.59 Å². The number of ether oxygens (including phenoxy) is 1. The molecule has 3 heterocycles. The normalized spacial score (nSPS) is 21.9. The molecule has 1 amide bonds. The molecule has 2 aromatic rings. The van der Waals surface area contributed by atoms with E-state index in [-0.39, 0.29) is 11.5 Å². The number of amides is 1. The maximum absolute atomic E-state index is 13.2. The summed E-state index contributed by atoms with van der Waals surface area (Å²) in [4.78, 5) is 29.8. The SMILES string of the molecule is Cn1nc(C(=O)N2CCC[C@H](N3CCOCC3)C2)c2ccccc2c1=O. The second-order valence-electron chi connectivity index (χ2n) is 7.02. The number of aryl methyl sites for hydroxylation is 1. The summed E-state index contributed by atoms with van der Waals surface area (Å²) in [6.07, 6.45) is 2.09. The summed E-state index contributed by atoms with van der Waals surface area (Å²) < 4.78 is 6.71. The van der Waals surface area contributed by atoms with Crippen LogP contribution >= 0.6 is 0 Å². The Labute approximate surface area is 152 Å². The number of likely N-dealkylation sites (tertiary alicyclic amines) is 1. The number of nitrogens with zero attached hydrogens (tertiary/aromatic N) is 4. The van der Waals surface area contributed by atoms with E-state index in [1.165, 1.54) is 4.68 Å². The van der Waals surface area contributed by atoms with Crippen LogP contribution in [0.2, 0.25) is 0 Å². The monoisotopic (exact) mass is 356 g/mol. The van der Waals surface area contributed by atoms with Crippen molar-refractivity contribution < 1.29 is 9.53 Å². The van der Waals surface area contributed by atoms with Gasteiger partial charge in [-0.05, 0) is 18.9 Å². The van der Waals surface area contributed by atoms with Gasteiger partial charge in [0.05, 0.1) is 18.6 Å². The zero-order valence-electron chi connectivity index (χ0n) is 15.1. The largest absolute Gasteiger partial charge is 0.379 e. The van der Waals surface area contributed by atoms with Gasteiger partial charge in [0, 0.05) is 44.7 Å². The van der Waals surface area contributed by atoms with Crippen LogP contribution in [-0.4, -0.2) is 70.9 Å². The number of hydrogen-bond acceptors (Lipinski definition) is 5. The Morgan fingerprint density at radius 3 is 2.65 bits per heavy atom.